The third kappa shape index (κ3) is 4.76. The molecule has 2 atom stereocenters. The molecule has 7 nitrogen and oxygen atoms in total. The molecule has 2 aromatic carbocycles. The lowest BCUT2D eigenvalue weighted by molar-refractivity contribution is -0.128. The molecule has 1 N–H and O–H groups in total. The zero-order valence-electron chi connectivity index (χ0n) is 16.4. The van der Waals surface area contributed by atoms with E-state index in [1.54, 1.807) is 19.2 Å². The van der Waals surface area contributed by atoms with Crippen LogP contribution >= 0.6 is 11.6 Å². The van der Waals surface area contributed by atoms with E-state index in [2.05, 4.69) is 5.32 Å². The topological polar surface area (TPSA) is 84.9 Å². The largest absolute Gasteiger partial charge is 0.496 e. The molecule has 0 aliphatic carbocycles. The third-order valence-electron chi connectivity index (χ3n) is 4.71. The summed E-state index contributed by atoms with van der Waals surface area (Å²) in [6, 6.07) is 11.8. The number of rotatable bonds is 5. The van der Waals surface area contributed by atoms with Crippen molar-refractivity contribution in [2.45, 2.75) is 25.5 Å². The molecule has 29 heavy (non-hydrogen) atoms. The molecule has 1 aliphatic rings. The van der Waals surface area contributed by atoms with E-state index < -0.39 is 16.1 Å². The van der Waals surface area contributed by atoms with Crippen LogP contribution in [0.15, 0.2) is 42.5 Å². The van der Waals surface area contributed by atoms with Crippen molar-refractivity contribution in [1.29, 1.82) is 0 Å². The predicted molar refractivity (Wildman–Crippen MR) is 112 cm³/mol. The molecule has 156 valence electrons. The summed E-state index contributed by atoms with van der Waals surface area (Å²) < 4.78 is 36.9. The van der Waals surface area contributed by atoms with Crippen molar-refractivity contribution >= 4 is 33.2 Å². The minimum Gasteiger partial charge on any atom is -0.496 e. The van der Waals surface area contributed by atoms with Gasteiger partial charge < -0.3 is 14.8 Å². The summed E-state index contributed by atoms with van der Waals surface area (Å²) in [5.41, 5.74) is 1.16. The predicted octanol–water partition coefficient (Wildman–Crippen LogP) is 3.14. The molecule has 0 fully saturated rings. The highest BCUT2D eigenvalue weighted by atomic mass is 35.5. The van der Waals surface area contributed by atoms with Gasteiger partial charge >= 0.3 is 0 Å². The molecule has 0 saturated heterocycles. The van der Waals surface area contributed by atoms with Gasteiger partial charge in [0.15, 0.2) is 6.10 Å². The Hall–Kier alpha value is -2.45. The first-order chi connectivity index (χ1) is 13.7. The van der Waals surface area contributed by atoms with Crippen molar-refractivity contribution in [2.24, 2.45) is 0 Å². The molecular weight excluding hydrogens is 416 g/mol. The van der Waals surface area contributed by atoms with E-state index in [1.807, 2.05) is 31.2 Å². The van der Waals surface area contributed by atoms with Crippen LogP contribution in [0.25, 0.3) is 0 Å². The first-order valence-corrected chi connectivity index (χ1v) is 11.3. The lowest BCUT2D eigenvalue weighted by Crippen LogP contribution is -2.40. The molecule has 1 amide bonds. The number of fused-ring (bicyclic) bond motifs is 1. The fraction of sp³-hybridized carbons (Fsp3) is 0.350. The van der Waals surface area contributed by atoms with E-state index in [9.17, 15) is 13.2 Å². The minimum absolute atomic E-state index is 0.104. The lowest BCUT2D eigenvalue weighted by Gasteiger charge is -2.21. The van der Waals surface area contributed by atoms with E-state index >= 15 is 0 Å². The molecule has 0 aromatic heterocycles. The van der Waals surface area contributed by atoms with Crippen LogP contribution in [0.2, 0.25) is 5.02 Å². The maximum atomic E-state index is 12.9. The summed E-state index contributed by atoms with van der Waals surface area (Å²) in [5, 5.41) is 3.31. The first kappa shape index (κ1) is 21.3. The van der Waals surface area contributed by atoms with Crippen LogP contribution in [0.4, 0.5) is 5.69 Å². The van der Waals surface area contributed by atoms with Gasteiger partial charge in [-0.15, -0.1) is 0 Å². The Bertz CT molecular complexity index is 1010. The molecule has 0 spiro atoms. The van der Waals surface area contributed by atoms with Crippen LogP contribution in [0, 0.1) is 0 Å². The molecule has 0 radical (unpaired) electrons. The number of benzene rings is 2. The summed E-state index contributed by atoms with van der Waals surface area (Å²) in [5.74, 6) is 0.632. The maximum Gasteiger partial charge on any atom is 0.261 e. The number of amides is 1. The minimum atomic E-state index is -3.56. The summed E-state index contributed by atoms with van der Waals surface area (Å²) in [6.07, 6.45) is 0.463. The number of carbonyl (C=O) groups is 1. The van der Waals surface area contributed by atoms with Crippen molar-refractivity contribution in [3.63, 3.8) is 0 Å². The smallest absolute Gasteiger partial charge is 0.261 e. The van der Waals surface area contributed by atoms with Crippen molar-refractivity contribution in [3.05, 3.63) is 53.1 Å². The fourth-order valence-electron chi connectivity index (χ4n) is 3.29. The van der Waals surface area contributed by atoms with Crippen LogP contribution in [-0.2, 0) is 14.8 Å². The van der Waals surface area contributed by atoms with Crippen molar-refractivity contribution < 1.29 is 22.7 Å². The molecule has 3 rings (SSSR count). The Kier molecular flexibility index (Phi) is 6.24. The number of sulfonamides is 1. The number of hydrogen-bond donors (Lipinski definition) is 1. The van der Waals surface area contributed by atoms with Gasteiger partial charge in [-0.1, -0.05) is 29.8 Å². The van der Waals surface area contributed by atoms with Gasteiger partial charge in [-0.3, -0.25) is 9.10 Å². The quantitative estimate of drug-likeness (QED) is 0.775. The highest BCUT2D eigenvalue weighted by Gasteiger charge is 2.32. The van der Waals surface area contributed by atoms with E-state index in [0.29, 0.717) is 22.2 Å². The van der Waals surface area contributed by atoms with Gasteiger partial charge in [0.2, 0.25) is 10.0 Å². The summed E-state index contributed by atoms with van der Waals surface area (Å²) in [4.78, 5) is 12.9. The highest BCUT2D eigenvalue weighted by Crippen LogP contribution is 2.36. The van der Waals surface area contributed by atoms with Gasteiger partial charge in [0.05, 0.1) is 25.1 Å². The van der Waals surface area contributed by atoms with Gasteiger partial charge in [-0.05, 0) is 31.2 Å². The number of ether oxygens (including phenoxy) is 2. The number of hydrogen-bond acceptors (Lipinski definition) is 5. The number of nitrogens with one attached hydrogen (secondary N) is 1. The van der Waals surface area contributed by atoms with Crippen molar-refractivity contribution in [1.82, 2.24) is 5.32 Å². The van der Waals surface area contributed by atoms with Gasteiger partial charge in [0, 0.05) is 23.6 Å². The molecule has 0 saturated carbocycles. The van der Waals surface area contributed by atoms with Crippen LogP contribution < -0.4 is 19.1 Å². The van der Waals surface area contributed by atoms with Gasteiger partial charge in [0.25, 0.3) is 5.91 Å². The standard InChI is InChI=1S/C20H23ClN2O5S/c1-13(15-6-4-5-7-17(15)27-2)22-20(24)19-10-11-23(29(3,25)26)16-12-14(21)8-9-18(16)28-19/h4-9,12-13,19H,10-11H2,1-3H3,(H,22,24)/t13-,19+/m1/s1. The van der Waals surface area contributed by atoms with Crippen LogP contribution in [0.1, 0.15) is 24.9 Å². The van der Waals surface area contributed by atoms with Crippen LogP contribution in [0.5, 0.6) is 11.5 Å². The average Bonchev–Trinajstić information content (AvgIpc) is 2.87. The second-order valence-corrected chi connectivity index (χ2v) is 9.16. The molecule has 2 aromatic rings. The number of nitrogens with zero attached hydrogens (tertiary/aromatic N) is 1. The number of para-hydroxylation sites is 1. The monoisotopic (exact) mass is 438 g/mol. The third-order valence-corrected chi connectivity index (χ3v) is 6.13. The summed E-state index contributed by atoms with van der Waals surface area (Å²) in [7, 11) is -1.98. The summed E-state index contributed by atoms with van der Waals surface area (Å²) >= 11 is 6.04. The van der Waals surface area contributed by atoms with E-state index in [4.69, 9.17) is 21.1 Å². The Balaban J connectivity index is 1.83. The Morgan fingerprint density at radius 2 is 2.03 bits per heavy atom. The molecule has 0 bridgehead atoms. The van der Waals surface area contributed by atoms with E-state index in [1.165, 1.54) is 10.4 Å². The second-order valence-electron chi connectivity index (χ2n) is 6.81. The number of carbonyl (C=O) groups excluding carboxylic acids is 1. The molecule has 9 heteroatoms. The van der Waals surface area contributed by atoms with E-state index in [0.717, 1.165) is 11.8 Å². The van der Waals surface area contributed by atoms with Gasteiger partial charge in [-0.25, -0.2) is 8.42 Å². The Morgan fingerprint density at radius 1 is 1.31 bits per heavy atom. The van der Waals surface area contributed by atoms with E-state index in [-0.39, 0.29) is 24.9 Å². The Labute approximate surface area is 175 Å². The number of halogens is 1. The van der Waals surface area contributed by atoms with Crippen LogP contribution in [0.3, 0.4) is 0 Å². The second kappa shape index (κ2) is 8.51. The van der Waals surface area contributed by atoms with Crippen molar-refractivity contribution in [2.75, 3.05) is 24.2 Å². The van der Waals surface area contributed by atoms with Crippen LogP contribution in [-0.4, -0.2) is 40.3 Å². The summed E-state index contributed by atoms with van der Waals surface area (Å²) in [6.45, 7) is 1.95. The average molecular weight is 439 g/mol. The molecule has 1 aliphatic heterocycles. The highest BCUT2D eigenvalue weighted by molar-refractivity contribution is 7.92. The molecular formula is C20H23ClN2O5S. The Morgan fingerprint density at radius 3 is 2.72 bits per heavy atom. The zero-order chi connectivity index (χ0) is 21.2. The SMILES string of the molecule is COc1ccccc1[C@@H](C)NC(=O)[C@@H]1CCN(S(C)(=O)=O)c2cc(Cl)ccc2O1. The number of methoxy groups -OCH3 is 1. The maximum absolute atomic E-state index is 12.9. The number of anilines is 1. The zero-order valence-corrected chi connectivity index (χ0v) is 18.0. The van der Waals surface area contributed by atoms with Gasteiger partial charge in [0.1, 0.15) is 11.5 Å². The van der Waals surface area contributed by atoms with Gasteiger partial charge in [-0.2, -0.15) is 0 Å². The fourth-order valence-corrected chi connectivity index (χ4v) is 4.39. The lowest BCUT2D eigenvalue weighted by atomic mass is 10.1. The molecule has 1 heterocycles. The molecule has 0 unspecified atom stereocenters. The first-order valence-electron chi connectivity index (χ1n) is 9.08. The normalized spacial score (nSPS) is 17.5. The van der Waals surface area contributed by atoms with Crippen molar-refractivity contribution in [3.8, 4) is 11.5 Å².